The second kappa shape index (κ2) is 7.07. The molecule has 152 valence electrons. The molecule has 1 aliphatic carbocycles. The fraction of sp³-hybridized carbons (Fsp3) is 0.636. The number of rotatable bonds is 3. The summed E-state index contributed by atoms with van der Waals surface area (Å²) in [7, 11) is 5.50. The fourth-order valence-corrected chi connectivity index (χ4v) is 6.11. The van der Waals surface area contributed by atoms with Crippen LogP contribution in [0.25, 0.3) is 0 Å². The number of nitrogens with one attached hydrogen (secondary N) is 1. The number of carbonyl (C=O) groups excluding carboxylic acids is 2. The van der Waals surface area contributed by atoms with Gasteiger partial charge in [-0.3, -0.25) is 9.59 Å². The number of methoxy groups -OCH3 is 1. The Morgan fingerprint density at radius 3 is 2.61 bits per heavy atom. The molecule has 6 heteroatoms. The molecular formula is C22H31N3O3. The Bertz CT molecular complexity index is 772. The Kier molecular flexibility index (Phi) is 4.86. The number of ether oxygens (including phenoxy) is 1. The van der Waals surface area contributed by atoms with E-state index in [-0.39, 0.29) is 22.6 Å². The SMILES string of the molecule is CNC(=O)[C@@]12CCC3(CCN(C(=O)c4cccc(OC)c4)CC3)[C@@H]1CN(C)C2. The summed E-state index contributed by atoms with van der Waals surface area (Å²) in [6.45, 7) is 3.36. The number of fused-ring (bicyclic) bond motifs is 2. The van der Waals surface area contributed by atoms with Crippen molar-refractivity contribution in [1.82, 2.24) is 15.1 Å². The summed E-state index contributed by atoms with van der Waals surface area (Å²) in [6, 6.07) is 7.38. The molecule has 0 aromatic heterocycles. The van der Waals surface area contributed by atoms with Gasteiger partial charge < -0.3 is 19.9 Å². The zero-order chi connectivity index (χ0) is 19.9. The second-order valence-electron chi connectivity index (χ2n) is 8.87. The van der Waals surface area contributed by atoms with E-state index in [1.807, 2.05) is 29.2 Å². The van der Waals surface area contributed by atoms with E-state index in [9.17, 15) is 9.59 Å². The molecule has 2 atom stereocenters. The van der Waals surface area contributed by atoms with Gasteiger partial charge in [0, 0.05) is 38.8 Å². The van der Waals surface area contributed by atoms with Crippen molar-refractivity contribution in [2.75, 3.05) is 47.4 Å². The molecule has 0 radical (unpaired) electrons. The van der Waals surface area contributed by atoms with Crippen molar-refractivity contribution in [1.29, 1.82) is 0 Å². The number of hydrogen-bond donors (Lipinski definition) is 1. The van der Waals surface area contributed by atoms with Crippen LogP contribution in [-0.4, -0.2) is 69.0 Å². The summed E-state index contributed by atoms with van der Waals surface area (Å²) < 4.78 is 5.26. The molecule has 28 heavy (non-hydrogen) atoms. The van der Waals surface area contributed by atoms with Crippen LogP contribution in [0.15, 0.2) is 24.3 Å². The molecule has 1 aromatic rings. The van der Waals surface area contributed by atoms with Crippen LogP contribution in [0.3, 0.4) is 0 Å². The Labute approximate surface area is 167 Å². The van der Waals surface area contributed by atoms with Crippen LogP contribution in [0.1, 0.15) is 36.0 Å². The minimum Gasteiger partial charge on any atom is -0.497 e. The second-order valence-corrected chi connectivity index (χ2v) is 8.87. The molecule has 0 unspecified atom stereocenters. The fourth-order valence-electron chi connectivity index (χ4n) is 6.11. The van der Waals surface area contributed by atoms with Crippen LogP contribution in [-0.2, 0) is 4.79 Å². The molecule has 3 aliphatic rings. The molecule has 2 amide bonds. The number of hydrogen-bond acceptors (Lipinski definition) is 4. The molecule has 1 saturated carbocycles. The number of likely N-dealkylation sites (tertiary alicyclic amines) is 2. The Morgan fingerprint density at radius 2 is 1.93 bits per heavy atom. The van der Waals surface area contributed by atoms with Crippen molar-refractivity contribution in [3.05, 3.63) is 29.8 Å². The maximum Gasteiger partial charge on any atom is 0.253 e. The van der Waals surface area contributed by atoms with Crippen LogP contribution < -0.4 is 10.1 Å². The first-order chi connectivity index (χ1) is 13.4. The average Bonchev–Trinajstić information content (AvgIpc) is 3.22. The Morgan fingerprint density at radius 1 is 1.18 bits per heavy atom. The highest BCUT2D eigenvalue weighted by atomic mass is 16.5. The third kappa shape index (κ3) is 2.89. The van der Waals surface area contributed by atoms with Crippen LogP contribution in [0.2, 0.25) is 0 Å². The first-order valence-corrected chi connectivity index (χ1v) is 10.3. The van der Waals surface area contributed by atoms with Gasteiger partial charge >= 0.3 is 0 Å². The van der Waals surface area contributed by atoms with Crippen molar-refractivity contribution >= 4 is 11.8 Å². The molecule has 0 bridgehead atoms. The molecule has 1 spiro atoms. The van der Waals surface area contributed by atoms with E-state index in [0.717, 1.165) is 51.9 Å². The van der Waals surface area contributed by atoms with Crippen molar-refractivity contribution < 1.29 is 14.3 Å². The van der Waals surface area contributed by atoms with Gasteiger partial charge in [0.15, 0.2) is 0 Å². The molecule has 1 N–H and O–H groups in total. The number of piperidine rings is 1. The zero-order valence-electron chi connectivity index (χ0n) is 17.2. The van der Waals surface area contributed by atoms with Crippen molar-refractivity contribution in [2.24, 2.45) is 16.7 Å². The lowest BCUT2D eigenvalue weighted by molar-refractivity contribution is -0.132. The molecule has 1 aromatic carbocycles. The highest BCUT2D eigenvalue weighted by Gasteiger charge is 2.63. The van der Waals surface area contributed by atoms with Gasteiger partial charge in [-0.15, -0.1) is 0 Å². The normalized spacial score (nSPS) is 29.0. The lowest BCUT2D eigenvalue weighted by atomic mass is 9.65. The molecule has 3 fully saturated rings. The van der Waals surface area contributed by atoms with Gasteiger partial charge in [0.05, 0.1) is 12.5 Å². The lowest BCUT2D eigenvalue weighted by Crippen LogP contribution is -2.49. The molecule has 2 saturated heterocycles. The number of benzene rings is 1. The van der Waals surface area contributed by atoms with Crippen LogP contribution in [0.4, 0.5) is 0 Å². The molecule has 4 rings (SSSR count). The van der Waals surface area contributed by atoms with Crippen molar-refractivity contribution in [3.63, 3.8) is 0 Å². The van der Waals surface area contributed by atoms with Gasteiger partial charge in [-0.1, -0.05) is 6.07 Å². The van der Waals surface area contributed by atoms with E-state index in [4.69, 9.17) is 4.74 Å². The molecule has 2 heterocycles. The summed E-state index contributed by atoms with van der Waals surface area (Å²) in [5, 5.41) is 2.93. The molecule has 2 aliphatic heterocycles. The van der Waals surface area contributed by atoms with E-state index in [1.165, 1.54) is 0 Å². The lowest BCUT2D eigenvalue weighted by Gasteiger charge is -2.44. The third-order valence-electron chi connectivity index (χ3n) is 7.56. The average molecular weight is 386 g/mol. The molecule has 6 nitrogen and oxygen atoms in total. The van der Waals surface area contributed by atoms with E-state index in [1.54, 1.807) is 14.2 Å². The standard InChI is InChI=1S/C22H31N3O3/c1-23-20(27)22-8-7-21(18(22)14-24(2)15-22)9-11-25(12-10-21)19(26)16-5-4-6-17(13-16)28-3/h4-6,13,18H,7-12,14-15H2,1-3H3,(H,23,27)/t18-,22+/m0/s1. The van der Waals surface area contributed by atoms with E-state index in [2.05, 4.69) is 17.3 Å². The van der Waals surface area contributed by atoms with Crippen LogP contribution in [0.5, 0.6) is 5.75 Å². The highest BCUT2D eigenvalue weighted by Crippen LogP contribution is 2.61. The van der Waals surface area contributed by atoms with Gasteiger partial charge in [-0.2, -0.15) is 0 Å². The predicted molar refractivity (Wildman–Crippen MR) is 107 cm³/mol. The highest BCUT2D eigenvalue weighted by molar-refractivity contribution is 5.94. The van der Waals surface area contributed by atoms with Crippen molar-refractivity contribution in [3.8, 4) is 5.75 Å². The smallest absolute Gasteiger partial charge is 0.253 e. The largest absolute Gasteiger partial charge is 0.497 e. The third-order valence-corrected chi connectivity index (χ3v) is 7.56. The van der Waals surface area contributed by atoms with Crippen LogP contribution in [0, 0.1) is 16.7 Å². The summed E-state index contributed by atoms with van der Waals surface area (Å²) in [6.07, 6.45) is 4.03. The summed E-state index contributed by atoms with van der Waals surface area (Å²) in [4.78, 5) is 30.0. The Hall–Kier alpha value is -2.08. The maximum atomic E-state index is 13.0. The van der Waals surface area contributed by atoms with Gasteiger partial charge in [0.2, 0.25) is 5.91 Å². The minimum atomic E-state index is -0.248. The van der Waals surface area contributed by atoms with Gasteiger partial charge in [0.1, 0.15) is 5.75 Å². The minimum absolute atomic E-state index is 0.0767. The van der Waals surface area contributed by atoms with Gasteiger partial charge in [-0.25, -0.2) is 0 Å². The van der Waals surface area contributed by atoms with E-state index in [0.29, 0.717) is 17.2 Å². The predicted octanol–water partition coefficient (Wildman–Crippen LogP) is 2.01. The van der Waals surface area contributed by atoms with Gasteiger partial charge in [0.25, 0.3) is 5.91 Å². The summed E-state index contributed by atoms with van der Waals surface area (Å²) in [5.41, 5.74) is 0.618. The maximum absolute atomic E-state index is 13.0. The Balaban J connectivity index is 1.49. The van der Waals surface area contributed by atoms with Crippen molar-refractivity contribution in [2.45, 2.75) is 25.7 Å². The summed E-state index contributed by atoms with van der Waals surface area (Å²) >= 11 is 0. The summed E-state index contributed by atoms with van der Waals surface area (Å²) in [5.74, 6) is 1.37. The van der Waals surface area contributed by atoms with E-state index < -0.39 is 0 Å². The number of nitrogens with zero attached hydrogens (tertiary/aromatic N) is 2. The topological polar surface area (TPSA) is 61.9 Å². The van der Waals surface area contributed by atoms with Crippen LogP contribution >= 0.6 is 0 Å². The first kappa shape index (κ1) is 19.2. The molecular weight excluding hydrogens is 354 g/mol. The zero-order valence-corrected chi connectivity index (χ0v) is 17.2. The number of amides is 2. The monoisotopic (exact) mass is 385 g/mol. The van der Waals surface area contributed by atoms with E-state index >= 15 is 0 Å². The quantitative estimate of drug-likeness (QED) is 0.865. The van der Waals surface area contributed by atoms with Gasteiger partial charge in [-0.05, 0) is 62.3 Å². The number of carbonyl (C=O) groups is 2. The first-order valence-electron chi connectivity index (χ1n) is 10.3.